The lowest BCUT2D eigenvalue weighted by molar-refractivity contribution is 0.0899. The highest BCUT2D eigenvalue weighted by Crippen LogP contribution is 2.27. The van der Waals surface area contributed by atoms with Gasteiger partial charge in [-0.3, -0.25) is 9.20 Å². The Bertz CT molecular complexity index is 634. The van der Waals surface area contributed by atoms with Crippen molar-refractivity contribution in [1.82, 2.24) is 19.9 Å². The van der Waals surface area contributed by atoms with Crippen LogP contribution in [0.1, 0.15) is 48.9 Å². The van der Waals surface area contributed by atoms with Crippen molar-refractivity contribution in [2.75, 3.05) is 6.61 Å². The van der Waals surface area contributed by atoms with Gasteiger partial charge in [-0.25, -0.2) is 0 Å². The van der Waals surface area contributed by atoms with E-state index >= 15 is 0 Å². The van der Waals surface area contributed by atoms with Crippen molar-refractivity contribution in [3.63, 3.8) is 0 Å². The summed E-state index contributed by atoms with van der Waals surface area (Å²) in [4.78, 5) is 12.5. The molecule has 0 saturated heterocycles. The monoisotopic (exact) mass is 302 g/mol. The van der Waals surface area contributed by atoms with Crippen LogP contribution in [0.4, 0.5) is 0 Å². The highest BCUT2D eigenvalue weighted by molar-refractivity contribution is 5.94. The fourth-order valence-electron chi connectivity index (χ4n) is 3.31. The van der Waals surface area contributed by atoms with Crippen LogP contribution in [0.25, 0.3) is 5.65 Å². The van der Waals surface area contributed by atoms with Gasteiger partial charge in [0.25, 0.3) is 5.91 Å². The van der Waals surface area contributed by atoms with Crippen LogP contribution in [0.3, 0.4) is 0 Å². The van der Waals surface area contributed by atoms with Crippen molar-refractivity contribution >= 4 is 11.6 Å². The molecule has 1 aliphatic rings. The second-order valence-corrected chi connectivity index (χ2v) is 6.00. The van der Waals surface area contributed by atoms with E-state index in [1.54, 1.807) is 29.1 Å². The number of nitrogens with zero attached hydrogens (tertiary/aromatic N) is 3. The number of carbonyl (C=O) groups excluding carboxylic acids is 1. The van der Waals surface area contributed by atoms with Gasteiger partial charge in [0, 0.05) is 18.8 Å². The molecule has 1 saturated carbocycles. The molecule has 1 atom stereocenters. The molecule has 0 aliphatic heterocycles. The van der Waals surface area contributed by atoms with E-state index in [1.807, 2.05) is 0 Å². The van der Waals surface area contributed by atoms with E-state index in [2.05, 4.69) is 15.5 Å². The Morgan fingerprint density at radius 1 is 1.36 bits per heavy atom. The maximum Gasteiger partial charge on any atom is 0.253 e. The first kappa shape index (κ1) is 15.0. The van der Waals surface area contributed by atoms with Crippen LogP contribution in [0.5, 0.6) is 0 Å². The minimum atomic E-state index is -0.0976. The zero-order chi connectivity index (χ0) is 15.4. The quantitative estimate of drug-likeness (QED) is 0.882. The van der Waals surface area contributed by atoms with Gasteiger partial charge >= 0.3 is 0 Å². The topological polar surface area (TPSA) is 79.5 Å². The number of amides is 1. The van der Waals surface area contributed by atoms with Crippen molar-refractivity contribution in [1.29, 1.82) is 0 Å². The summed E-state index contributed by atoms with van der Waals surface area (Å²) < 4.78 is 1.73. The normalized spacial score (nSPS) is 17.5. The molecule has 3 rings (SSSR count). The average molecular weight is 302 g/mol. The summed E-state index contributed by atoms with van der Waals surface area (Å²) in [5.74, 6) is 0.378. The Labute approximate surface area is 129 Å². The number of nitrogens with one attached hydrogen (secondary N) is 1. The van der Waals surface area contributed by atoms with Gasteiger partial charge in [-0.2, -0.15) is 0 Å². The third-order valence-corrected chi connectivity index (χ3v) is 4.53. The number of pyridine rings is 1. The minimum absolute atomic E-state index is 0.0504. The molecule has 6 heteroatoms. The highest BCUT2D eigenvalue weighted by atomic mass is 16.3. The molecule has 1 aliphatic carbocycles. The number of hydrogen-bond donors (Lipinski definition) is 2. The summed E-state index contributed by atoms with van der Waals surface area (Å²) in [5, 5.41) is 20.1. The highest BCUT2D eigenvalue weighted by Gasteiger charge is 2.25. The summed E-state index contributed by atoms with van der Waals surface area (Å²) in [6, 6.07) is 3.59. The molecule has 0 spiro atoms. The van der Waals surface area contributed by atoms with E-state index in [1.165, 1.54) is 19.3 Å². The van der Waals surface area contributed by atoms with Gasteiger partial charge in [-0.1, -0.05) is 19.3 Å². The fourth-order valence-corrected chi connectivity index (χ4v) is 3.31. The number of fused-ring (bicyclic) bond motifs is 1. The van der Waals surface area contributed by atoms with Gasteiger partial charge in [-0.05, 0) is 37.3 Å². The van der Waals surface area contributed by atoms with Crippen molar-refractivity contribution in [3.05, 3.63) is 30.2 Å². The van der Waals surface area contributed by atoms with Crippen LogP contribution < -0.4 is 5.32 Å². The van der Waals surface area contributed by atoms with Crippen molar-refractivity contribution < 1.29 is 9.90 Å². The van der Waals surface area contributed by atoms with Crippen molar-refractivity contribution in [3.8, 4) is 0 Å². The second kappa shape index (κ2) is 6.87. The van der Waals surface area contributed by atoms with Gasteiger partial charge in [0.15, 0.2) is 5.65 Å². The Hall–Kier alpha value is -1.95. The molecule has 0 aromatic carbocycles. The number of aliphatic hydroxyl groups excluding tert-OH is 1. The number of hydrogen-bond acceptors (Lipinski definition) is 4. The molecule has 0 radical (unpaired) electrons. The SMILES string of the molecule is O=C(NC(CCO)C1CCCCC1)c1ccc2nncn2c1. The van der Waals surface area contributed by atoms with Crippen LogP contribution in [0.2, 0.25) is 0 Å². The summed E-state index contributed by atoms with van der Waals surface area (Å²) in [5.41, 5.74) is 1.31. The van der Waals surface area contributed by atoms with Crippen LogP contribution in [0.15, 0.2) is 24.7 Å². The number of carbonyl (C=O) groups is 1. The molecular formula is C16H22N4O2. The van der Waals surface area contributed by atoms with Crippen LogP contribution >= 0.6 is 0 Å². The van der Waals surface area contributed by atoms with E-state index < -0.39 is 0 Å². The van der Waals surface area contributed by atoms with E-state index in [0.717, 1.165) is 18.5 Å². The van der Waals surface area contributed by atoms with E-state index in [4.69, 9.17) is 0 Å². The molecule has 1 fully saturated rings. The molecule has 1 unspecified atom stereocenters. The lowest BCUT2D eigenvalue weighted by atomic mass is 9.82. The minimum Gasteiger partial charge on any atom is -0.396 e. The smallest absolute Gasteiger partial charge is 0.253 e. The molecule has 2 N–H and O–H groups in total. The number of rotatable bonds is 5. The first-order valence-corrected chi connectivity index (χ1v) is 7.99. The molecule has 6 nitrogen and oxygen atoms in total. The maximum atomic E-state index is 12.5. The zero-order valence-electron chi connectivity index (χ0n) is 12.6. The van der Waals surface area contributed by atoms with E-state index in [0.29, 0.717) is 17.9 Å². The fraction of sp³-hybridized carbons (Fsp3) is 0.562. The summed E-state index contributed by atoms with van der Waals surface area (Å²) in [6.07, 6.45) is 9.92. The van der Waals surface area contributed by atoms with Gasteiger partial charge in [0.1, 0.15) is 6.33 Å². The predicted octanol–water partition coefficient (Wildman–Crippen LogP) is 1.79. The first-order valence-electron chi connectivity index (χ1n) is 7.99. The zero-order valence-corrected chi connectivity index (χ0v) is 12.6. The number of aromatic nitrogens is 3. The first-order chi connectivity index (χ1) is 10.8. The predicted molar refractivity (Wildman–Crippen MR) is 82.5 cm³/mol. The summed E-state index contributed by atoms with van der Waals surface area (Å²) in [6.45, 7) is 0.103. The standard InChI is InChI=1S/C16H22N4O2/c21-9-8-14(12-4-2-1-3-5-12)18-16(22)13-6-7-15-19-17-11-20(15)10-13/h6-7,10-12,14,21H,1-5,8-9H2,(H,18,22). The van der Waals surface area contributed by atoms with Crippen molar-refractivity contribution in [2.45, 2.75) is 44.6 Å². The average Bonchev–Trinajstić information content (AvgIpc) is 3.02. The van der Waals surface area contributed by atoms with E-state index in [9.17, 15) is 9.90 Å². The molecule has 2 heterocycles. The van der Waals surface area contributed by atoms with Crippen molar-refractivity contribution in [2.24, 2.45) is 5.92 Å². The third kappa shape index (κ3) is 3.27. The summed E-state index contributed by atoms with van der Waals surface area (Å²) in [7, 11) is 0. The molecule has 2 aromatic heterocycles. The van der Waals surface area contributed by atoms with Gasteiger partial charge in [0.2, 0.25) is 0 Å². The van der Waals surface area contributed by atoms with Gasteiger partial charge in [-0.15, -0.1) is 10.2 Å². The van der Waals surface area contributed by atoms with Gasteiger partial charge < -0.3 is 10.4 Å². The molecule has 0 bridgehead atoms. The Morgan fingerprint density at radius 3 is 2.95 bits per heavy atom. The van der Waals surface area contributed by atoms with Crippen LogP contribution in [-0.2, 0) is 0 Å². The third-order valence-electron chi connectivity index (χ3n) is 4.53. The number of aliphatic hydroxyl groups is 1. The molecule has 2 aromatic rings. The van der Waals surface area contributed by atoms with Crippen LogP contribution in [0, 0.1) is 5.92 Å². The Kier molecular flexibility index (Phi) is 4.68. The summed E-state index contributed by atoms with van der Waals surface area (Å²) >= 11 is 0. The Morgan fingerprint density at radius 2 is 2.18 bits per heavy atom. The van der Waals surface area contributed by atoms with Gasteiger partial charge in [0.05, 0.1) is 5.56 Å². The molecule has 1 amide bonds. The Balaban J connectivity index is 1.71. The lowest BCUT2D eigenvalue weighted by Gasteiger charge is -2.30. The largest absolute Gasteiger partial charge is 0.396 e. The second-order valence-electron chi connectivity index (χ2n) is 6.00. The lowest BCUT2D eigenvalue weighted by Crippen LogP contribution is -2.41. The van der Waals surface area contributed by atoms with Crippen LogP contribution in [-0.4, -0.2) is 38.3 Å². The maximum absolute atomic E-state index is 12.5. The van der Waals surface area contributed by atoms with E-state index in [-0.39, 0.29) is 18.6 Å². The molecule has 22 heavy (non-hydrogen) atoms. The molecular weight excluding hydrogens is 280 g/mol. The molecule has 118 valence electrons.